The molecule has 0 aliphatic heterocycles. The van der Waals surface area contributed by atoms with Crippen molar-refractivity contribution in [3.05, 3.63) is 55.1 Å². The van der Waals surface area contributed by atoms with E-state index in [-0.39, 0.29) is 0 Å². The minimum Gasteiger partial charge on any atom is -0.308 e. The van der Waals surface area contributed by atoms with E-state index in [1.54, 1.807) is 11.3 Å². The summed E-state index contributed by atoms with van der Waals surface area (Å²) in [7, 11) is 0. The number of hydrogen-bond acceptors (Lipinski definition) is 2. The van der Waals surface area contributed by atoms with E-state index in [2.05, 4.69) is 45.7 Å². The van der Waals surface area contributed by atoms with Crippen molar-refractivity contribution >= 4 is 38.9 Å². The molecule has 2 aromatic rings. The molecular weight excluding hydrogens is 318 g/mol. The van der Waals surface area contributed by atoms with Gasteiger partial charge in [-0.1, -0.05) is 17.7 Å². The van der Waals surface area contributed by atoms with Gasteiger partial charge in [0.25, 0.3) is 0 Å². The molecule has 1 heterocycles. The molecule has 0 spiro atoms. The van der Waals surface area contributed by atoms with Gasteiger partial charge in [-0.05, 0) is 57.6 Å². The maximum atomic E-state index is 5.93. The zero-order valence-corrected chi connectivity index (χ0v) is 12.6. The van der Waals surface area contributed by atoms with E-state index >= 15 is 0 Å². The molecule has 0 fully saturated rings. The van der Waals surface area contributed by atoms with Gasteiger partial charge in [0, 0.05) is 27.5 Å². The van der Waals surface area contributed by atoms with Crippen LogP contribution in [-0.4, -0.2) is 0 Å². The lowest BCUT2D eigenvalue weighted by Gasteiger charge is -2.07. The largest absolute Gasteiger partial charge is 0.308 e. The Labute approximate surface area is 119 Å². The number of hydrogen-bond donors (Lipinski definition) is 1. The minimum absolute atomic E-state index is 0.798. The number of benzene rings is 1. The summed E-state index contributed by atoms with van der Waals surface area (Å²) in [6.45, 7) is 3.84. The van der Waals surface area contributed by atoms with Gasteiger partial charge in [-0.3, -0.25) is 0 Å². The molecule has 0 bridgehead atoms. The predicted molar refractivity (Wildman–Crippen MR) is 78.8 cm³/mol. The van der Waals surface area contributed by atoms with Gasteiger partial charge in [0.15, 0.2) is 0 Å². The number of aryl methyl sites for hydroxylation is 1. The van der Waals surface area contributed by atoms with Crippen LogP contribution in [0.5, 0.6) is 0 Å². The Bertz CT molecular complexity index is 510. The smallest absolute Gasteiger partial charge is 0.0408 e. The van der Waals surface area contributed by atoms with Gasteiger partial charge in [-0.15, -0.1) is 11.3 Å². The van der Waals surface area contributed by atoms with E-state index in [1.807, 2.05) is 12.1 Å². The van der Waals surface area contributed by atoms with E-state index in [1.165, 1.54) is 20.5 Å². The molecule has 0 amide bonds. The highest BCUT2D eigenvalue weighted by molar-refractivity contribution is 9.10. The maximum absolute atomic E-state index is 5.93. The van der Waals surface area contributed by atoms with Gasteiger partial charge in [0.1, 0.15) is 0 Å². The topological polar surface area (TPSA) is 12.0 Å². The van der Waals surface area contributed by atoms with E-state index < -0.39 is 0 Å². The molecule has 0 aliphatic rings. The summed E-state index contributed by atoms with van der Waals surface area (Å²) in [4.78, 5) is 1.33. The summed E-state index contributed by atoms with van der Waals surface area (Å²) in [5, 5.41) is 6.33. The lowest BCUT2D eigenvalue weighted by Crippen LogP contribution is -2.12. The average Bonchev–Trinajstić information content (AvgIpc) is 2.68. The van der Waals surface area contributed by atoms with E-state index in [0.29, 0.717) is 0 Å². The number of halogens is 2. The zero-order chi connectivity index (χ0) is 12.3. The molecule has 0 unspecified atom stereocenters. The lowest BCUT2D eigenvalue weighted by molar-refractivity contribution is 0.696. The Morgan fingerprint density at radius 1 is 1.29 bits per heavy atom. The van der Waals surface area contributed by atoms with Crippen molar-refractivity contribution in [3.63, 3.8) is 0 Å². The van der Waals surface area contributed by atoms with Crippen molar-refractivity contribution < 1.29 is 0 Å². The summed E-state index contributed by atoms with van der Waals surface area (Å²) in [6.07, 6.45) is 0. The number of rotatable bonds is 4. The highest BCUT2D eigenvalue weighted by Crippen LogP contribution is 2.22. The summed E-state index contributed by atoms with van der Waals surface area (Å²) in [5.74, 6) is 0. The molecule has 1 aromatic carbocycles. The second-order valence-electron chi connectivity index (χ2n) is 3.87. The first-order valence-corrected chi connectivity index (χ1v) is 7.39. The van der Waals surface area contributed by atoms with Crippen molar-refractivity contribution in [1.82, 2.24) is 5.32 Å². The van der Waals surface area contributed by atoms with Gasteiger partial charge >= 0.3 is 0 Å². The second-order valence-corrected chi connectivity index (χ2v) is 6.16. The Morgan fingerprint density at radius 3 is 2.76 bits per heavy atom. The normalized spacial score (nSPS) is 10.8. The Balaban J connectivity index is 1.92. The van der Waals surface area contributed by atoms with Crippen molar-refractivity contribution in [2.75, 3.05) is 0 Å². The number of thiophene rings is 1. The Morgan fingerprint density at radius 2 is 2.12 bits per heavy atom. The standard InChI is InChI=1S/C13H13BrClNS/c1-9-6-11(15)3-2-10(9)7-16-8-13-12(14)4-5-17-13/h2-6,16H,7-8H2,1H3. The monoisotopic (exact) mass is 329 g/mol. The summed E-state index contributed by atoms with van der Waals surface area (Å²) < 4.78 is 1.18. The van der Waals surface area contributed by atoms with Gasteiger partial charge in [-0.2, -0.15) is 0 Å². The van der Waals surface area contributed by atoms with Crippen LogP contribution in [0.1, 0.15) is 16.0 Å². The molecule has 1 nitrogen and oxygen atoms in total. The first kappa shape index (κ1) is 13.1. The van der Waals surface area contributed by atoms with E-state index in [9.17, 15) is 0 Å². The molecule has 0 atom stereocenters. The molecule has 90 valence electrons. The molecule has 2 rings (SSSR count). The molecular formula is C13H13BrClNS. The van der Waals surface area contributed by atoms with Gasteiger partial charge in [0.2, 0.25) is 0 Å². The van der Waals surface area contributed by atoms with E-state index in [0.717, 1.165) is 18.1 Å². The van der Waals surface area contributed by atoms with Crippen LogP contribution < -0.4 is 5.32 Å². The number of nitrogens with one attached hydrogen (secondary N) is 1. The van der Waals surface area contributed by atoms with Crippen LogP contribution in [0.4, 0.5) is 0 Å². The van der Waals surface area contributed by atoms with Crippen molar-refractivity contribution in [2.24, 2.45) is 0 Å². The average molecular weight is 331 g/mol. The molecule has 0 saturated heterocycles. The predicted octanol–water partition coefficient (Wildman–Crippen LogP) is 4.76. The van der Waals surface area contributed by atoms with Crippen molar-refractivity contribution in [2.45, 2.75) is 20.0 Å². The third-order valence-corrected chi connectivity index (χ3v) is 4.76. The quantitative estimate of drug-likeness (QED) is 0.852. The van der Waals surface area contributed by atoms with Crippen LogP contribution in [0.2, 0.25) is 5.02 Å². The van der Waals surface area contributed by atoms with Crippen LogP contribution in [-0.2, 0) is 13.1 Å². The molecule has 1 N–H and O–H groups in total. The summed E-state index contributed by atoms with van der Waals surface area (Å²) >= 11 is 11.2. The van der Waals surface area contributed by atoms with E-state index in [4.69, 9.17) is 11.6 Å². The zero-order valence-electron chi connectivity index (χ0n) is 9.47. The van der Waals surface area contributed by atoms with Crippen molar-refractivity contribution in [3.8, 4) is 0 Å². The molecule has 0 saturated carbocycles. The second kappa shape index (κ2) is 6.01. The molecule has 4 heteroatoms. The van der Waals surface area contributed by atoms with Crippen molar-refractivity contribution in [1.29, 1.82) is 0 Å². The summed E-state index contributed by atoms with van der Waals surface area (Å²) in [6, 6.07) is 8.09. The van der Waals surface area contributed by atoms with Crippen LogP contribution >= 0.6 is 38.9 Å². The third kappa shape index (κ3) is 3.55. The highest BCUT2D eigenvalue weighted by Gasteiger charge is 2.02. The molecule has 1 aromatic heterocycles. The molecule has 17 heavy (non-hydrogen) atoms. The van der Waals surface area contributed by atoms with Crippen LogP contribution in [0, 0.1) is 6.92 Å². The van der Waals surface area contributed by atoms with Crippen LogP contribution in [0.25, 0.3) is 0 Å². The summed E-state index contributed by atoms with van der Waals surface area (Å²) in [5.41, 5.74) is 2.53. The van der Waals surface area contributed by atoms with Gasteiger partial charge in [-0.25, -0.2) is 0 Å². The van der Waals surface area contributed by atoms with Crippen LogP contribution in [0.15, 0.2) is 34.1 Å². The Hall–Kier alpha value is -0.350. The van der Waals surface area contributed by atoms with Crippen LogP contribution in [0.3, 0.4) is 0 Å². The van der Waals surface area contributed by atoms with Gasteiger partial charge in [0.05, 0.1) is 0 Å². The highest BCUT2D eigenvalue weighted by atomic mass is 79.9. The Kier molecular flexibility index (Phi) is 4.62. The fourth-order valence-corrected chi connectivity index (χ4v) is 3.31. The maximum Gasteiger partial charge on any atom is 0.0408 e. The minimum atomic E-state index is 0.798. The SMILES string of the molecule is Cc1cc(Cl)ccc1CNCc1sccc1Br. The fourth-order valence-electron chi connectivity index (χ4n) is 1.62. The molecule has 0 aliphatic carbocycles. The van der Waals surface area contributed by atoms with Gasteiger partial charge < -0.3 is 5.32 Å². The first-order valence-electron chi connectivity index (χ1n) is 5.34. The fraction of sp³-hybridized carbons (Fsp3) is 0.231. The molecule has 0 radical (unpaired) electrons. The third-order valence-electron chi connectivity index (χ3n) is 2.60. The first-order chi connectivity index (χ1) is 8.16. The lowest BCUT2D eigenvalue weighted by atomic mass is 10.1.